The first-order chi connectivity index (χ1) is 40.6. The van der Waals surface area contributed by atoms with E-state index in [-0.39, 0.29) is 60.0 Å². The fraction of sp³-hybridized carbons (Fsp3) is 0.311. The Morgan fingerprint density at radius 3 is 1.69 bits per heavy atom. The summed E-state index contributed by atoms with van der Waals surface area (Å²) in [4.78, 5) is 61.3. The summed E-state index contributed by atoms with van der Waals surface area (Å²) in [5.41, 5.74) is 6.44. The molecule has 0 saturated heterocycles. The Morgan fingerprint density at radius 1 is 0.671 bits per heavy atom. The number of fused-ring (bicyclic) bond motifs is 6. The molecule has 3 atom stereocenters. The molecule has 4 aromatic carbocycles. The topological polar surface area (TPSA) is 181 Å². The van der Waals surface area contributed by atoms with Crippen molar-refractivity contribution in [2.45, 2.75) is 105 Å². The van der Waals surface area contributed by atoms with E-state index >= 15 is 4.79 Å². The molecule has 0 bridgehead atoms. The van der Waals surface area contributed by atoms with Crippen molar-refractivity contribution >= 4 is 62.2 Å². The molecule has 2 aliphatic heterocycles. The van der Waals surface area contributed by atoms with Gasteiger partial charge in [0.05, 0.1) is 63.9 Å². The number of amides is 2. The van der Waals surface area contributed by atoms with Gasteiger partial charge in [0.25, 0.3) is 22.9 Å². The average Bonchev–Trinajstić information content (AvgIpc) is 1.85. The number of aromatic nitrogens is 12. The van der Waals surface area contributed by atoms with Gasteiger partial charge >= 0.3 is 6.18 Å². The van der Waals surface area contributed by atoms with E-state index in [0.29, 0.717) is 104 Å². The lowest BCUT2D eigenvalue weighted by molar-refractivity contribution is -0.137. The molecular formula is C61H56BrCl2F3N14O4. The molecule has 12 rings (SSSR count). The van der Waals surface area contributed by atoms with Gasteiger partial charge in [-0.05, 0) is 159 Å². The number of benzene rings is 4. The number of halogens is 6. The smallest absolute Gasteiger partial charge is 0.330 e. The van der Waals surface area contributed by atoms with E-state index in [4.69, 9.17) is 33.4 Å². The van der Waals surface area contributed by atoms with Crippen molar-refractivity contribution in [2.75, 3.05) is 0 Å². The monoisotopic (exact) mass is 1250 g/mol. The molecule has 10 aromatic rings. The first-order valence-corrected chi connectivity index (χ1v) is 29.3. The van der Waals surface area contributed by atoms with Crippen LogP contribution in [0.2, 0.25) is 10.0 Å². The van der Waals surface area contributed by atoms with E-state index in [9.17, 15) is 27.6 Å². The van der Waals surface area contributed by atoms with Gasteiger partial charge in [-0.2, -0.15) is 23.4 Å². The zero-order chi connectivity index (χ0) is 59.9. The van der Waals surface area contributed by atoms with Crippen molar-refractivity contribution < 1.29 is 22.8 Å². The predicted molar refractivity (Wildman–Crippen MR) is 318 cm³/mol. The highest BCUT2D eigenvalue weighted by atomic mass is 79.9. The Bertz CT molecular complexity index is 4410. The molecule has 0 radical (unpaired) electrons. The summed E-state index contributed by atoms with van der Waals surface area (Å²) < 4.78 is 53.3. The summed E-state index contributed by atoms with van der Waals surface area (Å²) in [6.07, 6.45) is 4.31. The summed E-state index contributed by atoms with van der Waals surface area (Å²) in [7, 11) is 1.84. The minimum atomic E-state index is -4.78. The molecule has 0 aliphatic carbocycles. The van der Waals surface area contributed by atoms with Crippen LogP contribution in [-0.4, -0.2) is 91.6 Å². The Labute approximate surface area is 503 Å². The van der Waals surface area contributed by atoms with E-state index in [2.05, 4.69) is 57.1 Å². The normalized spacial score (nSPS) is 15.7. The summed E-state index contributed by atoms with van der Waals surface area (Å²) in [5, 5.41) is 26.8. The summed E-state index contributed by atoms with van der Waals surface area (Å²) in [6.45, 7) is 10.7. The highest BCUT2D eigenvalue weighted by molar-refractivity contribution is 9.10. The summed E-state index contributed by atoms with van der Waals surface area (Å²) >= 11 is 15.8. The Morgan fingerprint density at radius 2 is 1.18 bits per heavy atom. The molecule has 0 N–H and O–H groups in total. The van der Waals surface area contributed by atoms with Gasteiger partial charge in [0.1, 0.15) is 23.9 Å². The molecule has 1 unspecified atom stereocenters. The number of nitrogens with zero attached hydrogens (tertiary/aromatic N) is 14. The highest BCUT2D eigenvalue weighted by Gasteiger charge is 2.38. The van der Waals surface area contributed by atoms with Crippen molar-refractivity contribution in [1.82, 2.24) is 67.7 Å². The third kappa shape index (κ3) is 10.4. The Hall–Kier alpha value is -8.21. The highest BCUT2D eigenvalue weighted by Crippen LogP contribution is 2.37. The molecule has 6 aromatic heterocycles. The largest absolute Gasteiger partial charge is 0.417 e. The molecule has 0 saturated carbocycles. The third-order valence-electron chi connectivity index (χ3n) is 16.3. The van der Waals surface area contributed by atoms with Gasteiger partial charge in [0.2, 0.25) is 0 Å². The summed E-state index contributed by atoms with van der Waals surface area (Å²) in [6, 6.07) is 22.5. The van der Waals surface area contributed by atoms with Crippen LogP contribution in [0.4, 0.5) is 13.2 Å². The second-order valence-corrected chi connectivity index (χ2v) is 24.3. The molecule has 0 spiro atoms. The van der Waals surface area contributed by atoms with Crippen molar-refractivity contribution in [3.05, 3.63) is 196 Å². The second-order valence-electron chi connectivity index (χ2n) is 22.6. The van der Waals surface area contributed by atoms with Crippen LogP contribution in [0.3, 0.4) is 0 Å². The quantitative estimate of drug-likeness (QED) is 0.108. The fourth-order valence-electron chi connectivity index (χ4n) is 11.9. The lowest BCUT2D eigenvalue weighted by Crippen LogP contribution is -2.46. The van der Waals surface area contributed by atoms with Gasteiger partial charge in [-0.15, -0.1) is 20.4 Å². The van der Waals surface area contributed by atoms with Crippen LogP contribution >= 0.6 is 39.1 Å². The zero-order valence-corrected chi connectivity index (χ0v) is 50.1. The van der Waals surface area contributed by atoms with Crippen LogP contribution in [0.1, 0.15) is 101 Å². The van der Waals surface area contributed by atoms with E-state index in [1.54, 1.807) is 67.1 Å². The van der Waals surface area contributed by atoms with Gasteiger partial charge < -0.3 is 18.9 Å². The molecular weight excluding hydrogens is 1200 g/mol. The lowest BCUT2D eigenvalue weighted by atomic mass is 9.97. The van der Waals surface area contributed by atoms with Crippen molar-refractivity contribution in [1.29, 1.82) is 0 Å². The standard InChI is InChI=1S/C61H56BrCl2F3N14O4/c1-33(2)21-41-27-70-80-51-30-77(58(83)40-11-17-48(62)50(64)26-40)36(5)24-45(51)59(84)78(55(41)80)44-15-9-38(10-16-44)54-73-69-32-75(54)20-19-34(3)22-42-28-71-81-52-29-76(57(82)39-12-18-49(63)47(25-39)61(65,66)67)35(4)23-46(52)60(85)79(56(42)81)43-13-7-37(8-14-43)53-72-68-31-74(53)6/h7-18,25-28,31-36H,19-24,29-30H2,1-6H3/t34?,35-,36-/m0/s1. The molecule has 2 amide bonds. The Kier molecular flexibility index (Phi) is 15.0. The molecule has 8 heterocycles. The SMILES string of the molecule is CC(C)Cc1cnn2c3c(c(=O)n(-c4ccc(-c5nncn5CCC(C)Cc5cnn6c7c(c(=O)n(-c8ccc(-c9nncn9C)cc8)c56)C[C@H](C)N(C(=O)c5ccc(Cl)c(C(F)(F)F)c5)C7)cc4)c12)C[C@H](C)N(C(=O)c1ccc(Br)c(Cl)c1)C3. The number of carbonyl (C=O) groups is 2. The molecule has 18 nitrogen and oxygen atoms in total. The maximum atomic E-state index is 15.0. The van der Waals surface area contributed by atoms with Gasteiger partial charge in [0, 0.05) is 74.7 Å². The van der Waals surface area contributed by atoms with E-state index in [1.165, 1.54) is 11.0 Å². The van der Waals surface area contributed by atoms with Gasteiger partial charge in [-0.3, -0.25) is 28.3 Å². The van der Waals surface area contributed by atoms with Crippen LogP contribution in [-0.2, 0) is 58.5 Å². The van der Waals surface area contributed by atoms with E-state index in [0.717, 1.165) is 34.4 Å². The van der Waals surface area contributed by atoms with E-state index in [1.807, 2.05) is 77.8 Å². The van der Waals surface area contributed by atoms with Gasteiger partial charge in [0.15, 0.2) is 11.6 Å². The molecule has 85 heavy (non-hydrogen) atoms. The van der Waals surface area contributed by atoms with Crippen molar-refractivity contribution in [3.63, 3.8) is 0 Å². The molecule has 0 fully saturated rings. The second kappa shape index (κ2) is 22.3. The van der Waals surface area contributed by atoms with Crippen LogP contribution in [0.5, 0.6) is 0 Å². The third-order valence-corrected chi connectivity index (χ3v) is 17.8. The predicted octanol–water partition coefficient (Wildman–Crippen LogP) is 11.1. The van der Waals surface area contributed by atoms with Gasteiger partial charge in [-0.1, -0.05) is 44.0 Å². The fourth-order valence-corrected chi connectivity index (χ4v) is 12.6. The van der Waals surface area contributed by atoms with Crippen molar-refractivity contribution in [3.8, 4) is 34.2 Å². The molecule has 2 aliphatic rings. The number of carbonyl (C=O) groups excluding carboxylic acids is 2. The summed E-state index contributed by atoms with van der Waals surface area (Å²) in [5.74, 6) is 0.708. The number of hydrogen-bond acceptors (Lipinski definition) is 10. The minimum absolute atomic E-state index is 0.00972. The number of aryl methyl sites for hydroxylation is 2. The maximum absolute atomic E-state index is 15.0. The lowest BCUT2D eigenvalue weighted by Gasteiger charge is -2.35. The van der Waals surface area contributed by atoms with Crippen LogP contribution in [0, 0.1) is 11.8 Å². The number of hydrogen-bond donors (Lipinski definition) is 0. The van der Waals surface area contributed by atoms with Crippen LogP contribution in [0.15, 0.2) is 124 Å². The molecule has 24 heteroatoms. The zero-order valence-electron chi connectivity index (χ0n) is 47.0. The first-order valence-electron chi connectivity index (χ1n) is 27.8. The van der Waals surface area contributed by atoms with Crippen LogP contribution in [0.25, 0.3) is 45.4 Å². The van der Waals surface area contributed by atoms with Crippen molar-refractivity contribution in [2.24, 2.45) is 18.9 Å². The molecule has 436 valence electrons. The van der Waals surface area contributed by atoms with Crippen LogP contribution < -0.4 is 11.1 Å². The maximum Gasteiger partial charge on any atom is 0.417 e. The van der Waals surface area contributed by atoms with Gasteiger partial charge in [-0.25, -0.2) is 9.03 Å². The van der Waals surface area contributed by atoms with E-state index < -0.39 is 28.7 Å². The number of rotatable bonds is 13. The minimum Gasteiger partial charge on any atom is -0.330 e. The average molecular weight is 1260 g/mol. The Balaban J connectivity index is 0.827. The first kappa shape index (κ1) is 57.2. The number of alkyl halides is 3.